The number of amides is 3. The Kier molecular flexibility index (Phi) is 12.0. The number of fused-ring (bicyclic) bond motifs is 2. The van der Waals surface area contributed by atoms with E-state index in [4.69, 9.17) is 46.4 Å². The number of amidine groups is 1. The van der Waals surface area contributed by atoms with Gasteiger partial charge in [-0.1, -0.05) is 134 Å². The van der Waals surface area contributed by atoms with E-state index in [9.17, 15) is 24.9 Å². The molecule has 1 aliphatic heterocycles. The van der Waals surface area contributed by atoms with Crippen LogP contribution in [0.5, 0.6) is 0 Å². The highest BCUT2D eigenvalue weighted by atomic mass is 79.9. The number of carboxylic acids is 1. The molecule has 0 aromatic heterocycles. The maximum absolute atomic E-state index is 15.4. The number of halogens is 6. The van der Waals surface area contributed by atoms with Crippen molar-refractivity contribution in [2.45, 2.75) is 79.1 Å². The Bertz CT molecular complexity index is 3210. The third-order valence-corrected chi connectivity index (χ3v) is 14.2. The fourth-order valence-electron chi connectivity index (χ4n) is 9.17. The maximum atomic E-state index is 15.4. The fraction of sp³-hybridized carbons (Fsp3) is 0.245. The molecule has 0 atom stereocenters. The molecule has 1 aliphatic rings. The number of rotatable bonds is 9. The lowest BCUT2D eigenvalue weighted by molar-refractivity contribution is 0.0695. The van der Waals surface area contributed by atoms with E-state index in [-0.39, 0.29) is 115 Å². The van der Waals surface area contributed by atoms with Gasteiger partial charge in [0.25, 0.3) is 17.7 Å². The topological polar surface area (TPSA) is 148 Å². The van der Waals surface area contributed by atoms with Gasteiger partial charge < -0.3 is 15.7 Å². The van der Waals surface area contributed by atoms with Crippen molar-refractivity contribution in [2.24, 2.45) is 0 Å². The van der Waals surface area contributed by atoms with Gasteiger partial charge in [-0.2, -0.15) is 0 Å². The largest absolute Gasteiger partial charge is 0.478 e. The number of nitrogens with one attached hydrogen (secondary N) is 4. The minimum Gasteiger partial charge on any atom is -0.478 e. The lowest BCUT2D eigenvalue weighted by Gasteiger charge is -2.27. The van der Waals surface area contributed by atoms with Crippen LogP contribution in [0.3, 0.4) is 0 Å². The molecule has 1 heterocycles. The molecule has 9 nitrogen and oxygen atoms in total. The molecule has 0 saturated heterocycles. The molecule has 0 bridgehead atoms. The van der Waals surface area contributed by atoms with Crippen LogP contribution in [0.2, 0.25) is 20.1 Å². The van der Waals surface area contributed by atoms with E-state index < -0.39 is 29.3 Å². The third kappa shape index (κ3) is 7.22. The molecule has 7 aromatic rings. The summed E-state index contributed by atoms with van der Waals surface area (Å²) in [4.78, 5) is 56.0. The Morgan fingerprint density at radius 1 is 0.562 bits per heavy atom. The van der Waals surface area contributed by atoms with E-state index in [1.54, 1.807) is 0 Å². The number of benzene rings is 7. The van der Waals surface area contributed by atoms with Crippen molar-refractivity contribution in [2.75, 3.05) is 10.6 Å². The Labute approximate surface area is 405 Å². The van der Waals surface area contributed by atoms with Gasteiger partial charge in [0.1, 0.15) is 5.84 Å². The molecule has 328 valence electrons. The second-order valence-corrected chi connectivity index (χ2v) is 20.8. The highest BCUT2D eigenvalue weighted by Crippen LogP contribution is 2.54. The highest BCUT2D eigenvalue weighted by Gasteiger charge is 2.36. The zero-order chi connectivity index (χ0) is 46.7. The Morgan fingerprint density at radius 3 is 1.38 bits per heavy atom. The smallest absolute Gasteiger partial charge is 0.338 e. The first-order valence-electron chi connectivity index (χ1n) is 20.5. The van der Waals surface area contributed by atoms with Crippen LogP contribution in [0.25, 0.3) is 43.1 Å². The molecule has 5 N–H and O–H groups in total. The standard InChI is InChI=1S/C49H40Br2Cl4N4O5/c1-16(2)22-9-20(50)10-23(17(3)4)43(22)57-45(56)40-33-28(46(60)58-44-24(18(5)6)11-21(51)12-25(44)19(7)8)15-30(53)35-34-29(52)13-26-32-27(48(62)59-47(26)61)14-31(54)36(37(32)34)39(38(33)35)42(55)41(40)49(63)64/h9-19H,1-8H3,(H2,56,57)(H,58,60)(H,63,64)(H,59,61,62). The molecule has 7 aromatic carbocycles. The van der Waals surface area contributed by atoms with Crippen LogP contribution in [0, 0.1) is 5.41 Å². The van der Waals surface area contributed by atoms with Gasteiger partial charge in [0, 0.05) is 101 Å². The van der Waals surface area contributed by atoms with Crippen molar-refractivity contribution in [1.29, 1.82) is 5.41 Å². The Hall–Kier alpha value is -4.49. The number of aromatic carboxylic acids is 1. The summed E-state index contributed by atoms with van der Waals surface area (Å²) < 4.78 is 1.67. The average molecular weight is 1070 g/mol. The van der Waals surface area contributed by atoms with E-state index in [1.165, 1.54) is 18.2 Å². The maximum Gasteiger partial charge on any atom is 0.338 e. The average Bonchev–Trinajstić information content (AvgIpc) is 3.20. The van der Waals surface area contributed by atoms with Gasteiger partial charge in [0.2, 0.25) is 0 Å². The Balaban J connectivity index is 1.59. The molecular weight excluding hydrogens is 1030 g/mol. The fourth-order valence-corrected chi connectivity index (χ4v) is 11.4. The first kappa shape index (κ1) is 46.1. The highest BCUT2D eigenvalue weighted by molar-refractivity contribution is 9.10. The second kappa shape index (κ2) is 16.7. The van der Waals surface area contributed by atoms with Crippen molar-refractivity contribution in [3.8, 4) is 0 Å². The zero-order valence-corrected chi connectivity index (χ0v) is 41.9. The molecule has 0 saturated carbocycles. The van der Waals surface area contributed by atoms with Crippen molar-refractivity contribution in [3.63, 3.8) is 0 Å². The van der Waals surface area contributed by atoms with Crippen molar-refractivity contribution in [3.05, 3.63) is 122 Å². The van der Waals surface area contributed by atoms with Gasteiger partial charge in [-0.3, -0.25) is 25.1 Å². The van der Waals surface area contributed by atoms with Crippen LogP contribution >= 0.6 is 78.3 Å². The molecule has 64 heavy (non-hydrogen) atoms. The molecule has 0 radical (unpaired) electrons. The summed E-state index contributed by atoms with van der Waals surface area (Å²) in [5.74, 6) is -3.98. The van der Waals surface area contributed by atoms with Gasteiger partial charge in [0.05, 0.1) is 10.6 Å². The van der Waals surface area contributed by atoms with Crippen LogP contribution in [-0.2, 0) is 0 Å². The molecule has 3 amide bonds. The predicted molar refractivity (Wildman–Crippen MR) is 269 cm³/mol. The summed E-state index contributed by atoms with van der Waals surface area (Å²) in [6, 6.07) is 12.1. The molecular formula is C49H40Br2Cl4N4O5. The summed E-state index contributed by atoms with van der Waals surface area (Å²) >= 11 is 36.4. The van der Waals surface area contributed by atoms with Crippen LogP contribution in [0.15, 0.2) is 51.4 Å². The van der Waals surface area contributed by atoms with Crippen molar-refractivity contribution < 1.29 is 24.3 Å². The number of carboxylic acid groups (broad SMARTS) is 1. The van der Waals surface area contributed by atoms with Crippen LogP contribution in [-0.4, -0.2) is 34.6 Å². The number of hydrogen-bond acceptors (Lipinski definition) is 5. The van der Waals surface area contributed by atoms with Crippen LogP contribution in [0.4, 0.5) is 11.4 Å². The predicted octanol–water partition coefficient (Wildman–Crippen LogP) is 15.6. The summed E-state index contributed by atoms with van der Waals surface area (Å²) in [6.07, 6.45) is 0. The monoisotopic (exact) mass is 1060 g/mol. The number of imide groups is 1. The minimum absolute atomic E-state index is 0.00499. The summed E-state index contributed by atoms with van der Waals surface area (Å²) in [6.45, 7) is 16.1. The number of hydrogen-bond donors (Lipinski definition) is 5. The van der Waals surface area contributed by atoms with E-state index in [1.807, 2.05) is 79.7 Å². The van der Waals surface area contributed by atoms with Crippen LogP contribution < -0.4 is 16.0 Å². The van der Waals surface area contributed by atoms with Gasteiger partial charge in [-0.05, 0) is 88.4 Å². The minimum atomic E-state index is -1.49. The summed E-state index contributed by atoms with van der Waals surface area (Å²) in [5, 5.41) is 31.4. The quantitative estimate of drug-likeness (QED) is 0.0320. The van der Waals surface area contributed by atoms with Crippen molar-refractivity contribution >= 4 is 162 Å². The lowest BCUT2D eigenvalue weighted by Crippen LogP contribution is -2.34. The molecule has 15 heteroatoms. The van der Waals surface area contributed by atoms with E-state index >= 15 is 4.79 Å². The Morgan fingerprint density at radius 2 is 0.953 bits per heavy atom. The summed E-state index contributed by atoms with van der Waals surface area (Å²) in [7, 11) is 0. The van der Waals surface area contributed by atoms with E-state index in [2.05, 4.69) is 47.8 Å². The third-order valence-electron chi connectivity index (χ3n) is 12.0. The molecule has 0 aliphatic carbocycles. The summed E-state index contributed by atoms with van der Waals surface area (Å²) in [5.41, 5.74) is 4.05. The number of carbonyl (C=O) groups is 4. The first-order chi connectivity index (χ1) is 30.0. The van der Waals surface area contributed by atoms with Crippen LogP contribution in [0.1, 0.15) is 148 Å². The molecule has 0 unspecified atom stereocenters. The molecule has 0 fully saturated rings. The van der Waals surface area contributed by atoms with Gasteiger partial charge in [-0.15, -0.1) is 0 Å². The van der Waals surface area contributed by atoms with E-state index in [0.717, 1.165) is 31.2 Å². The van der Waals surface area contributed by atoms with Crippen molar-refractivity contribution in [1.82, 2.24) is 5.32 Å². The number of carbonyl (C=O) groups excluding carboxylic acids is 3. The first-order valence-corrected chi connectivity index (χ1v) is 23.6. The molecule has 8 rings (SSSR count). The van der Waals surface area contributed by atoms with Gasteiger partial charge in [0.15, 0.2) is 0 Å². The lowest BCUT2D eigenvalue weighted by atomic mass is 9.81. The second-order valence-electron chi connectivity index (χ2n) is 17.4. The normalized spacial score (nSPS) is 12.9. The SMILES string of the molecule is CC(C)c1cc(Br)cc(C(C)C)c1NC(=N)c1c(C(=O)O)c(Cl)c2c3c(Cl)cc4c5c(cc(Cl)c(c6c(Cl)cc(C(=O)Nc7c(C(C)C)cc(Br)cc7C(C)C)c1c62)c53)C(=O)NC4=O. The van der Waals surface area contributed by atoms with Gasteiger partial charge >= 0.3 is 5.97 Å². The molecule has 0 spiro atoms. The number of anilines is 2. The zero-order valence-electron chi connectivity index (χ0n) is 35.7. The van der Waals surface area contributed by atoms with E-state index in [0.29, 0.717) is 11.4 Å². The van der Waals surface area contributed by atoms with Gasteiger partial charge in [-0.25, -0.2) is 4.79 Å².